The molecular weight excluding hydrogens is 466 g/mol. The first-order valence-corrected chi connectivity index (χ1v) is 11.3. The lowest BCUT2D eigenvalue weighted by atomic mass is 10.1. The van der Waals surface area contributed by atoms with Crippen molar-refractivity contribution in [1.82, 2.24) is 0 Å². The number of hydrogen-bond donors (Lipinski definition) is 1. The minimum Gasteiger partial charge on any atom is -0.490 e. The summed E-state index contributed by atoms with van der Waals surface area (Å²) in [7, 11) is 0. The van der Waals surface area contributed by atoms with Crippen molar-refractivity contribution in [3.05, 3.63) is 100 Å². The van der Waals surface area contributed by atoms with E-state index in [4.69, 9.17) is 9.47 Å². The number of anilines is 1. The Balaban J connectivity index is 1.55. The van der Waals surface area contributed by atoms with Crippen LogP contribution in [0.15, 0.2) is 83.3 Å². The van der Waals surface area contributed by atoms with Crippen molar-refractivity contribution in [2.24, 2.45) is 0 Å². The van der Waals surface area contributed by atoms with E-state index in [1.54, 1.807) is 12.1 Å². The van der Waals surface area contributed by atoms with Gasteiger partial charge in [-0.25, -0.2) is 0 Å². The molecule has 0 heterocycles. The summed E-state index contributed by atoms with van der Waals surface area (Å²) in [5.74, 6) is 0.888. The lowest BCUT2D eigenvalue weighted by Crippen LogP contribution is -2.12. The van der Waals surface area contributed by atoms with Crippen LogP contribution >= 0.6 is 15.9 Å². The molecule has 0 aliphatic rings. The lowest BCUT2D eigenvalue weighted by Gasteiger charge is -2.16. The second-order valence-electron chi connectivity index (χ2n) is 7.51. The van der Waals surface area contributed by atoms with E-state index in [1.807, 2.05) is 61.5 Å². The van der Waals surface area contributed by atoms with Gasteiger partial charge in [0.05, 0.1) is 11.1 Å². The van der Waals surface area contributed by atoms with Gasteiger partial charge in [0.15, 0.2) is 11.5 Å². The predicted molar refractivity (Wildman–Crippen MR) is 133 cm³/mol. The Morgan fingerprint density at radius 3 is 2.41 bits per heavy atom. The van der Waals surface area contributed by atoms with Crippen molar-refractivity contribution in [1.29, 1.82) is 0 Å². The summed E-state index contributed by atoms with van der Waals surface area (Å²) < 4.78 is 12.5. The van der Waals surface area contributed by atoms with Gasteiger partial charge in [-0.2, -0.15) is 0 Å². The highest BCUT2D eigenvalue weighted by Gasteiger charge is 2.17. The zero-order chi connectivity index (χ0) is 22.5. The van der Waals surface area contributed by atoms with Crippen LogP contribution in [0, 0.1) is 6.92 Å². The highest BCUT2D eigenvalue weighted by molar-refractivity contribution is 9.10. The van der Waals surface area contributed by atoms with Crippen molar-refractivity contribution >= 4 is 38.3 Å². The molecule has 4 aromatic carbocycles. The van der Waals surface area contributed by atoms with Crippen molar-refractivity contribution in [3.63, 3.8) is 0 Å². The van der Waals surface area contributed by atoms with E-state index in [9.17, 15) is 4.79 Å². The van der Waals surface area contributed by atoms with Gasteiger partial charge in [-0.05, 0) is 70.4 Å². The molecule has 0 fully saturated rings. The van der Waals surface area contributed by atoms with Gasteiger partial charge in [0.1, 0.15) is 6.61 Å². The Labute approximate surface area is 196 Å². The van der Waals surface area contributed by atoms with E-state index in [1.165, 1.54) is 5.56 Å². The summed E-state index contributed by atoms with van der Waals surface area (Å²) in [6, 6.07) is 25.6. The number of nitrogens with one attached hydrogen (secondary N) is 1. The molecule has 5 heteroatoms. The van der Waals surface area contributed by atoms with E-state index < -0.39 is 0 Å². The third-order valence-electron chi connectivity index (χ3n) is 5.08. The number of rotatable bonds is 7. The van der Waals surface area contributed by atoms with Crippen molar-refractivity contribution in [2.75, 3.05) is 11.9 Å². The number of aryl methyl sites for hydroxylation is 1. The van der Waals surface area contributed by atoms with Crippen molar-refractivity contribution in [3.8, 4) is 11.5 Å². The van der Waals surface area contributed by atoms with Gasteiger partial charge < -0.3 is 14.8 Å². The summed E-state index contributed by atoms with van der Waals surface area (Å²) in [5.41, 5.74) is 3.48. The number of carbonyl (C=O) groups is 1. The van der Waals surface area contributed by atoms with Crippen LogP contribution in [0.5, 0.6) is 11.5 Å². The van der Waals surface area contributed by atoms with Crippen LogP contribution in [-0.4, -0.2) is 12.5 Å². The molecule has 0 spiro atoms. The van der Waals surface area contributed by atoms with E-state index >= 15 is 0 Å². The van der Waals surface area contributed by atoms with Gasteiger partial charge in [0.25, 0.3) is 5.91 Å². The molecule has 4 aromatic rings. The third kappa shape index (κ3) is 5.11. The maximum absolute atomic E-state index is 13.0. The molecule has 1 N–H and O–H groups in total. The van der Waals surface area contributed by atoms with Crippen LogP contribution in [0.4, 0.5) is 5.69 Å². The number of carbonyl (C=O) groups excluding carboxylic acids is 1. The molecule has 32 heavy (non-hydrogen) atoms. The summed E-state index contributed by atoms with van der Waals surface area (Å²) >= 11 is 3.55. The van der Waals surface area contributed by atoms with Gasteiger partial charge >= 0.3 is 0 Å². The monoisotopic (exact) mass is 489 g/mol. The molecule has 0 radical (unpaired) electrons. The minimum atomic E-state index is -0.216. The van der Waals surface area contributed by atoms with Crippen LogP contribution in [0.2, 0.25) is 0 Å². The summed E-state index contributed by atoms with van der Waals surface area (Å²) in [6.07, 6.45) is 0. The highest BCUT2D eigenvalue weighted by Crippen LogP contribution is 2.37. The van der Waals surface area contributed by atoms with Gasteiger partial charge in [-0.15, -0.1) is 0 Å². The lowest BCUT2D eigenvalue weighted by molar-refractivity contribution is 0.102. The fraction of sp³-hybridized carbons (Fsp3) is 0.148. The Morgan fingerprint density at radius 2 is 1.66 bits per heavy atom. The standard InChI is InChI=1S/C27H24BrNO3/c1-3-31-25-16-22(15-24(28)26(25)32-17-19-10-8-18(2)9-11-19)27(30)29-23-13-12-20-6-4-5-7-21(20)14-23/h4-16H,3,17H2,1-2H3,(H,29,30). The highest BCUT2D eigenvalue weighted by atomic mass is 79.9. The van der Waals surface area contributed by atoms with Crippen molar-refractivity contribution in [2.45, 2.75) is 20.5 Å². The normalized spacial score (nSPS) is 10.7. The SMILES string of the molecule is CCOc1cc(C(=O)Nc2ccc3ccccc3c2)cc(Br)c1OCc1ccc(C)cc1. The number of benzene rings is 4. The summed E-state index contributed by atoms with van der Waals surface area (Å²) in [4.78, 5) is 13.0. The first kappa shape index (κ1) is 21.9. The fourth-order valence-electron chi connectivity index (χ4n) is 3.41. The first-order chi connectivity index (χ1) is 15.5. The molecule has 1 amide bonds. The van der Waals surface area contributed by atoms with Crippen LogP contribution in [-0.2, 0) is 6.61 Å². The molecule has 0 saturated heterocycles. The zero-order valence-corrected chi connectivity index (χ0v) is 19.6. The van der Waals surface area contributed by atoms with Gasteiger partial charge in [0.2, 0.25) is 0 Å². The second-order valence-corrected chi connectivity index (χ2v) is 8.36. The molecule has 0 aliphatic carbocycles. The molecule has 4 rings (SSSR count). The quantitative estimate of drug-likeness (QED) is 0.300. The van der Waals surface area contributed by atoms with Gasteiger partial charge in [0, 0.05) is 11.3 Å². The average molecular weight is 490 g/mol. The molecule has 0 bridgehead atoms. The molecule has 0 atom stereocenters. The Bertz CT molecular complexity index is 1250. The summed E-state index contributed by atoms with van der Waals surface area (Å²) in [6.45, 7) is 4.82. The number of halogens is 1. The zero-order valence-electron chi connectivity index (χ0n) is 18.0. The molecule has 0 saturated carbocycles. The van der Waals surface area contributed by atoms with E-state index in [2.05, 4.69) is 40.3 Å². The second kappa shape index (κ2) is 9.88. The number of hydrogen-bond acceptors (Lipinski definition) is 3. The smallest absolute Gasteiger partial charge is 0.255 e. The van der Waals surface area contributed by atoms with E-state index in [0.29, 0.717) is 34.7 Å². The maximum Gasteiger partial charge on any atom is 0.255 e. The number of fused-ring (bicyclic) bond motifs is 1. The third-order valence-corrected chi connectivity index (χ3v) is 5.67. The molecule has 4 nitrogen and oxygen atoms in total. The number of ether oxygens (including phenoxy) is 2. The fourth-order valence-corrected chi connectivity index (χ4v) is 3.97. The topological polar surface area (TPSA) is 47.6 Å². The van der Waals surface area contributed by atoms with Crippen LogP contribution in [0.3, 0.4) is 0 Å². The minimum absolute atomic E-state index is 0.216. The molecule has 0 unspecified atom stereocenters. The average Bonchev–Trinajstić information content (AvgIpc) is 2.79. The molecule has 0 aliphatic heterocycles. The van der Waals surface area contributed by atoms with Crippen LogP contribution in [0.1, 0.15) is 28.4 Å². The van der Waals surface area contributed by atoms with Crippen molar-refractivity contribution < 1.29 is 14.3 Å². The molecular formula is C27H24BrNO3. The van der Waals surface area contributed by atoms with Gasteiger partial charge in [-0.3, -0.25) is 4.79 Å². The maximum atomic E-state index is 13.0. The Kier molecular flexibility index (Phi) is 6.76. The molecule has 0 aromatic heterocycles. The van der Waals surface area contributed by atoms with Gasteiger partial charge in [-0.1, -0.05) is 60.2 Å². The van der Waals surface area contributed by atoms with Crippen LogP contribution in [0.25, 0.3) is 10.8 Å². The Hall–Kier alpha value is -3.31. The summed E-state index contributed by atoms with van der Waals surface area (Å²) in [5, 5.41) is 5.17. The molecule has 162 valence electrons. The van der Waals surface area contributed by atoms with Crippen LogP contribution < -0.4 is 14.8 Å². The Morgan fingerprint density at radius 1 is 0.906 bits per heavy atom. The first-order valence-electron chi connectivity index (χ1n) is 10.5. The number of amides is 1. The predicted octanol–water partition coefficient (Wildman–Crippen LogP) is 7.14. The van der Waals surface area contributed by atoms with E-state index in [0.717, 1.165) is 22.0 Å². The van der Waals surface area contributed by atoms with E-state index in [-0.39, 0.29) is 5.91 Å². The largest absolute Gasteiger partial charge is 0.490 e.